The number of piperazine rings is 1. The van der Waals surface area contributed by atoms with Gasteiger partial charge in [0.1, 0.15) is 0 Å². The Morgan fingerprint density at radius 1 is 1.05 bits per heavy atom. The highest BCUT2D eigenvalue weighted by atomic mass is 19.3. The molecule has 0 radical (unpaired) electrons. The monoisotopic (exact) mass is 559 g/mol. The van der Waals surface area contributed by atoms with Gasteiger partial charge in [-0.2, -0.15) is 8.78 Å². The summed E-state index contributed by atoms with van der Waals surface area (Å²) in [6, 6.07) is 13.5. The molecule has 0 saturated carbocycles. The molecule has 1 amide bonds. The second kappa shape index (κ2) is 13.0. The lowest BCUT2D eigenvalue weighted by Crippen LogP contribution is -2.60. The van der Waals surface area contributed by atoms with Gasteiger partial charge in [-0.15, -0.1) is 0 Å². The van der Waals surface area contributed by atoms with Crippen molar-refractivity contribution in [3.8, 4) is 5.75 Å². The molecular weight excluding hydrogens is 518 g/mol. The molecule has 4 rings (SSSR count). The van der Waals surface area contributed by atoms with Gasteiger partial charge in [0.05, 0.1) is 6.04 Å². The summed E-state index contributed by atoms with van der Waals surface area (Å²) in [6.45, 7) is 8.40. The number of piperidine rings is 1. The Morgan fingerprint density at radius 3 is 2.30 bits per heavy atom. The zero-order valence-corrected chi connectivity index (χ0v) is 23.9. The fourth-order valence-corrected chi connectivity index (χ4v) is 6.10. The molecule has 0 bridgehead atoms. The second-order valence-corrected chi connectivity index (χ2v) is 12.2. The van der Waals surface area contributed by atoms with E-state index < -0.39 is 25.2 Å². The third-order valence-electron chi connectivity index (χ3n) is 8.34. The molecular formula is C30H41BF3N3O3. The van der Waals surface area contributed by atoms with Crippen molar-refractivity contribution in [2.45, 2.75) is 65.6 Å². The van der Waals surface area contributed by atoms with Crippen LogP contribution in [0.4, 0.5) is 13.2 Å². The van der Waals surface area contributed by atoms with Crippen molar-refractivity contribution in [2.75, 3.05) is 32.7 Å². The van der Waals surface area contributed by atoms with Gasteiger partial charge in [0.15, 0.2) is 11.6 Å². The van der Waals surface area contributed by atoms with E-state index in [2.05, 4.69) is 30.4 Å². The van der Waals surface area contributed by atoms with Crippen LogP contribution in [0.25, 0.3) is 0 Å². The lowest BCUT2D eigenvalue weighted by Gasteiger charge is -2.50. The van der Waals surface area contributed by atoms with E-state index in [4.69, 9.17) is 0 Å². The Kier molecular flexibility index (Phi) is 9.85. The topological polar surface area (TPSA) is 56.2 Å². The van der Waals surface area contributed by atoms with E-state index in [1.165, 1.54) is 12.1 Å². The quantitative estimate of drug-likeness (QED) is 0.446. The summed E-state index contributed by atoms with van der Waals surface area (Å²) in [7, 11) is -0.464. The predicted molar refractivity (Wildman–Crippen MR) is 151 cm³/mol. The van der Waals surface area contributed by atoms with Gasteiger partial charge >= 0.3 is 13.7 Å². The summed E-state index contributed by atoms with van der Waals surface area (Å²) in [5.41, 5.74) is 1.40. The Balaban J connectivity index is 1.55. The molecule has 2 atom stereocenters. The number of hydrogen-bond donors (Lipinski definition) is 1. The molecule has 218 valence electrons. The third kappa shape index (κ3) is 7.39. The third-order valence-corrected chi connectivity index (χ3v) is 8.34. The van der Waals surface area contributed by atoms with Crippen LogP contribution in [-0.4, -0.2) is 78.0 Å². The molecule has 6 nitrogen and oxygen atoms in total. The van der Waals surface area contributed by atoms with Crippen LogP contribution in [0.2, 0.25) is 6.82 Å². The van der Waals surface area contributed by atoms with Gasteiger partial charge in [-0.3, -0.25) is 9.69 Å². The van der Waals surface area contributed by atoms with Crippen LogP contribution in [0.3, 0.4) is 0 Å². The van der Waals surface area contributed by atoms with Crippen LogP contribution in [0, 0.1) is 17.2 Å². The maximum absolute atomic E-state index is 14.8. The van der Waals surface area contributed by atoms with Crippen molar-refractivity contribution in [1.82, 2.24) is 14.6 Å². The summed E-state index contributed by atoms with van der Waals surface area (Å²) >= 11 is 0. The maximum Gasteiger partial charge on any atom is 0.387 e. The predicted octanol–water partition coefficient (Wildman–Crippen LogP) is 5.29. The smallest absolute Gasteiger partial charge is 0.387 e. The van der Waals surface area contributed by atoms with E-state index >= 15 is 0 Å². The maximum atomic E-state index is 14.8. The first-order valence-electron chi connectivity index (χ1n) is 14.2. The van der Waals surface area contributed by atoms with Crippen molar-refractivity contribution in [3.05, 3.63) is 65.5 Å². The first-order chi connectivity index (χ1) is 18.9. The molecule has 2 aliphatic rings. The number of halogens is 3. The number of carbonyl (C=O) groups is 1. The van der Waals surface area contributed by atoms with Crippen LogP contribution in [0.1, 0.15) is 57.2 Å². The normalized spacial score (nSPS) is 20.5. The zero-order chi connectivity index (χ0) is 29.0. The van der Waals surface area contributed by atoms with E-state index in [1.54, 1.807) is 12.9 Å². The lowest BCUT2D eigenvalue weighted by molar-refractivity contribution is -0.141. The molecule has 0 aromatic heterocycles. The number of benzene rings is 2. The average Bonchev–Trinajstić information content (AvgIpc) is 2.90. The van der Waals surface area contributed by atoms with Gasteiger partial charge in [0.2, 0.25) is 5.91 Å². The molecule has 2 fully saturated rings. The number of hydrogen-bond acceptors (Lipinski definition) is 5. The van der Waals surface area contributed by atoms with E-state index in [0.717, 1.165) is 31.5 Å². The van der Waals surface area contributed by atoms with Gasteiger partial charge < -0.3 is 19.5 Å². The molecule has 0 spiro atoms. The highest BCUT2D eigenvalue weighted by Gasteiger charge is 2.41. The number of rotatable bonds is 8. The first kappa shape index (κ1) is 30.4. The lowest BCUT2D eigenvalue weighted by atomic mass is 9.80. The van der Waals surface area contributed by atoms with E-state index in [1.807, 2.05) is 40.0 Å². The minimum absolute atomic E-state index is 0.0659. The average molecular weight is 559 g/mol. The van der Waals surface area contributed by atoms with Gasteiger partial charge in [-0.25, -0.2) is 4.39 Å². The number of alkyl halides is 2. The summed E-state index contributed by atoms with van der Waals surface area (Å²) in [5, 5.41) is 9.86. The molecule has 2 heterocycles. The van der Waals surface area contributed by atoms with Crippen LogP contribution >= 0.6 is 0 Å². The summed E-state index contributed by atoms with van der Waals surface area (Å²) < 4.78 is 44.6. The SMILES string of the molecule is CB(O)N1CCC(CC(=O)N2CCN(C(c3ccccc3)c3ccc(OC(F)F)c(F)c3)C[C@@H]2C(C)(C)C)CC1. The molecule has 2 saturated heterocycles. The number of carbonyl (C=O) groups excluding carboxylic acids is 1. The van der Waals surface area contributed by atoms with E-state index in [0.29, 0.717) is 37.5 Å². The molecule has 0 aliphatic carbocycles. The summed E-state index contributed by atoms with van der Waals surface area (Å²) in [5.74, 6) is -0.851. The molecule has 40 heavy (non-hydrogen) atoms. The minimum atomic E-state index is -3.10. The van der Waals surface area contributed by atoms with Crippen molar-refractivity contribution >= 4 is 13.0 Å². The van der Waals surface area contributed by atoms with Crippen LogP contribution in [0.15, 0.2) is 48.5 Å². The van der Waals surface area contributed by atoms with Gasteiger partial charge in [-0.1, -0.05) is 57.2 Å². The highest BCUT2D eigenvalue weighted by Crippen LogP contribution is 2.37. The molecule has 1 unspecified atom stereocenters. The number of amides is 1. The van der Waals surface area contributed by atoms with E-state index in [9.17, 15) is 23.0 Å². The molecule has 2 aromatic rings. The van der Waals surface area contributed by atoms with E-state index in [-0.39, 0.29) is 23.4 Å². The van der Waals surface area contributed by atoms with Crippen LogP contribution < -0.4 is 4.74 Å². The first-order valence-corrected chi connectivity index (χ1v) is 14.2. The van der Waals surface area contributed by atoms with Gasteiger partial charge in [0, 0.05) is 32.1 Å². The summed E-state index contributed by atoms with van der Waals surface area (Å²) in [6.07, 6.45) is 2.28. The van der Waals surface area contributed by atoms with Crippen molar-refractivity contribution in [2.24, 2.45) is 11.3 Å². The Labute approximate surface area is 236 Å². The van der Waals surface area contributed by atoms with Gasteiger partial charge in [-0.05, 0) is 67.3 Å². The van der Waals surface area contributed by atoms with Crippen LogP contribution in [-0.2, 0) is 4.79 Å². The summed E-state index contributed by atoms with van der Waals surface area (Å²) in [4.78, 5) is 20.0. The molecule has 2 aliphatic heterocycles. The molecule has 10 heteroatoms. The van der Waals surface area contributed by atoms with Crippen LogP contribution in [0.5, 0.6) is 5.75 Å². The standard InChI is InChI=1S/C30H41BF3N3O3/c1-30(2,3)26-20-35(16-17-37(26)27(38)18-21-12-14-36(15-13-21)31(4)39)28(22-8-6-5-7-9-22)23-10-11-25(24(32)19-23)40-29(33)34/h5-11,19,21,26,28-29,39H,12-18,20H2,1-4H3/t26-,28?/m1/s1. The Bertz CT molecular complexity index is 1120. The van der Waals surface area contributed by atoms with Crippen molar-refractivity contribution in [1.29, 1.82) is 0 Å². The minimum Gasteiger partial charge on any atom is -0.437 e. The largest absolute Gasteiger partial charge is 0.437 e. The van der Waals surface area contributed by atoms with Crippen molar-refractivity contribution in [3.63, 3.8) is 0 Å². The van der Waals surface area contributed by atoms with Gasteiger partial charge in [0.25, 0.3) is 0 Å². The fraction of sp³-hybridized carbons (Fsp3) is 0.567. The molecule has 1 N–H and O–H groups in total. The Hall–Kier alpha value is -2.56. The number of nitrogens with zero attached hydrogens (tertiary/aromatic N) is 3. The molecule has 2 aromatic carbocycles. The Morgan fingerprint density at radius 2 is 1.73 bits per heavy atom. The highest BCUT2D eigenvalue weighted by molar-refractivity contribution is 6.45. The zero-order valence-electron chi connectivity index (χ0n) is 23.9. The second-order valence-electron chi connectivity index (χ2n) is 12.2. The fourth-order valence-electron chi connectivity index (χ4n) is 6.10. The van der Waals surface area contributed by atoms with Crippen molar-refractivity contribution < 1.29 is 27.7 Å². The number of ether oxygens (including phenoxy) is 1.